The lowest BCUT2D eigenvalue weighted by molar-refractivity contribution is 0.202. The van der Waals surface area contributed by atoms with E-state index in [1.165, 1.54) is 0 Å². The van der Waals surface area contributed by atoms with Crippen molar-refractivity contribution in [1.29, 1.82) is 5.41 Å². The molecule has 3 aromatic rings. The third-order valence-electron chi connectivity index (χ3n) is 4.56. The van der Waals surface area contributed by atoms with Crippen LogP contribution in [-0.2, 0) is 6.54 Å². The Morgan fingerprint density at radius 1 is 1.09 bits per heavy atom. The lowest BCUT2D eigenvalue weighted by atomic mass is 10.1. The number of hydrogen-bond donors (Lipinski definition) is 5. The molecule has 1 heterocycles. The van der Waals surface area contributed by atoms with Gasteiger partial charge in [-0.2, -0.15) is 0 Å². The average molecular weight is 458 g/mol. The molecule has 0 aliphatic carbocycles. The highest BCUT2D eigenvalue weighted by atomic mass is 19.1. The molecule has 0 amide bonds. The number of anilines is 3. The molecule has 0 bridgehead atoms. The summed E-state index contributed by atoms with van der Waals surface area (Å²) in [5, 5.41) is 20.4. The fourth-order valence-electron chi connectivity index (χ4n) is 3.05. The average Bonchev–Trinajstić information content (AvgIpc) is 2.78. The Labute approximate surface area is 188 Å². The zero-order valence-corrected chi connectivity index (χ0v) is 17.9. The molecule has 0 radical (unpaired) electrons. The predicted octanol–water partition coefficient (Wildman–Crippen LogP) is 2.72. The number of para-hydroxylation sites is 1. The van der Waals surface area contributed by atoms with E-state index in [9.17, 15) is 8.78 Å². The number of hydrogen-bond acceptors (Lipinski definition) is 9. The number of benzene rings is 2. The van der Waals surface area contributed by atoms with Crippen molar-refractivity contribution in [2.75, 3.05) is 36.6 Å². The second-order valence-corrected chi connectivity index (χ2v) is 6.79. The molecule has 174 valence electrons. The molecule has 2 aromatic carbocycles. The highest BCUT2D eigenvalue weighted by Crippen LogP contribution is 2.28. The lowest BCUT2D eigenvalue weighted by Gasteiger charge is -2.15. The number of ether oxygens (including phenoxy) is 2. The molecule has 3 rings (SSSR count). The fourth-order valence-corrected chi connectivity index (χ4v) is 3.05. The molecule has 0 unspecified atom stereocenters. The molecule has 1 aromatic heterocycles. The maximum atomic E-state index is 14.4. The van der Waals surface area contributed by atoms with E-state index in [4.69, 9.17) is 31.5 Å². The van der Waals surface area contributed by atoms with Crippen LogP contribution < -0.4 is 26.3 Å². The Morgan fingerprint density at radius 2 is 1.73 bits per heavy atom. The van der Waals surface area contributed by atoms with Crippen molar-refractivity contribution in [3.05, 3.63) is 65.0 Å². The number of aliphatic hydroxyl groups excluding tert-OH is 1. The summed E-state index contributed by atoms with van der Waals surface area (Å²) >= 11 is 0. The van der Waals surface area contributed by atoms with E-state index in [0.717, 1.165) is 12.1 Å². The number of nitrogens with one attached hydrogen (secondary N) is 2. The van der Waals surface area contributed by atoms with Gasteiger partial charge in [0.1, 0.15) is 29.7 Å². The highest BCUT2D eigenvalue weighted by Gasteiger charge is 2.18. The molecule has 0 aliphatic rings. The normalized spacial score (nSPS) is 10.7. The summed E-state index contributed by atoms with van der Waals surface area (Å²) < 4.78 is 39.2. The zero-order valence-electron chi connectivity index (χ0n) is 17.9. The topological polar surface area (TPSA) is 152 Å². The molecular weight excluding hydrogens is 434 g/mol. The van der Waals surface area contributed by atoms with Crippen molar-refractivity contribution in [3.8, 4) is 11.5 Å². The number of nitrogens with two attached hydrogens (primary N) is 2. The summed E-state index contributed by atoms with van der Waals surface area (Å²) in [7, 11) is 0. The Balaban J connectivity index is 1.85. The smallest absolute Gasteiger partial charge is 0.204 e. The first kappa shape index (κ1) is 23.7. The van der Waals surface area contributed by atoms with Gasteiger partial charge in [-0.25, -0.2) is 18.7 Å². The molecule has 0 saturated carbocycles. The van der Waals surface area contributed by atoms with E-state index in [2.05, 4.69) is 15.3 Å². The van der Waals surface area contributed by atoms with E-state index in [-0.39, 0.29) is 66.6 Å². The van der Waals surface area contributed by atoms with E-state index in [1.54, 1.807) is 31.2 Å². The number of rotatable bonds is 10. The number of aliphatic hydroxyl groups is 1. The largest absolute Gasteiger partial charge is 0.494 e. The Hall–Kier alpha value is -3.99. The first-order valence-electron chi connectivity index (χ1n) is 10.0. The van der Waals surface area contributed by atoms with Gasteiger partial charge in [0.15, 0.2) is 17.5 Å². The standard InChI is InChI=1S/C22H24F2N6O3/c1-2-32-12-9-15(23)14(16(24)10-12)11-28-17-6-4-3-5-13(17)18(25)22-29-20(26)19(21(27)30-22)33-8-7-31/h3-6,9-10,25,28,31H,2,7-8,11H2,1H3,(H4,26,27,29,30). The molecule has 0 saturated heterocycles. The van der Waals surface area contributed by atoms with Crippen molar-refractivity contribution in [2.24, 2.45) is 0 Å². The van der Waals surface area contributed by atoms with Crippen LogP contribution in [0.5, 0.6) is 11.5 Å². The van der Waals surface area contributed by atoms with Crippen LogP contribution >= 0.6 is 0 Å². The monoisotopic (exact) mass is 458 g/mol. The molecule has 11 heteroatoms. The maximum absolute atomic E-state index is 14.4. The SMILES string of the molecule is CCOc1cc(F)c(CNc2ccccc2C(=N)c2nc(N)c(OCCO)c(N)n2)c(F)c1. The van der Waals surface area contributed by atoms with E-state index in [1.807, 2.05) is 0 Å². The van der Waals surface area contributed by atoms with E-state index < -0.39 is 11.6 Å². The summed E-state index contributed by atoms with van der Waals surface area (Å²) in [5.74, 6) is -1.60. The van der Waals surface area contributed by atoms with Gasteiger partial charge in [-0.3, -0.25) is 5.41 Å². The van der Waals surface area contributed by atoms with Gasteiger partial charge in [-0.15, -0.1) is 0 Å². The summed E-state index contributed by atoms with van der Waals surface area (Å²) in [6.07, 6.45) is 0. The van der Waals surface area contributed by atoms with Gasteiger partial charge < -0.3 is 31.4 Å². The van der Waals surface area contributed by atoms with Gasteiger partial charge in [0.2, 0.25) is 5.75 Å². The molecular formula is C22H24F2N6O3. The van der Waals surface area contributed by atoms with Gasteiger partial charge in [0, 0.05) is 35.5 Å². The Kier molecular flexibility index (Phi) is 7.57. The minimum Gasteiger partial charge on any atom is -0.494 e. The van der Waals surface area contributed by atoms with Crippen LogP contribution in [0.25, 0.3) is 0 Å². The molecule has 0 fully saturated rings. The molecule has 33 heavy (non-hydrogen) atoms. The van der Waals surface area contributed by atoms with E-state index >= 15 is 0 Å². The van der Waals surface area contributed by atoms with Crippen LogP contribution in [0.2, 0.25) is 0 Å². The lowest BCUT2D eigenvalue weighted by Crippen LogP contribution is -2.16. The molecule has 9 nitrogen and oxygen atoms in total. The van der Waals surface area contributed by atoms with Crippen molar-refractivity contribution >= 4 is 23.0 Å². The molecule has 0 spiro atoms. The molecule has 7 N–H and O–H groups in total. The quantitative estimate of drug-likeness (QED) is 0.291. The zero-order chi connectivity index (χ0) is 24.0. The van der Waals surface area contributed by atoms with Crippen LogP contribution in [-0.4, -0.2) is 40.6 Å². The first-order chi connectivity index (χ1) is 15.8. The number of nitrogen functional groups attached to an aromatic ring is 2. The minimum atomic E-state index is -0.749. The second kappa shape index (κ2) is 10.6. The highest BCUT2D eigenvalue weighted by molar-refractivity contribution is 6.12. The van der Waals surface area contributed by atoms with Crippen molar-refractivity contribution in [2.45, 2.75) is 13.5 Å². The van der Waals surface area contributed by atoms with Crippen molar-refractivity contribution in [3.63, 3.8) is 0 Å². The van der Waals surface area contributed by atoms with Gasteiger partial charge in [0.05, 0.1) is 13.2 Å². The van der Waals surface area contributed by atoms with Crippen LogP contribution in [0.1, 0.15) is 23.9 Å². The Morgan fingerprint density at radius 3 is 2.33 bits per heavy atom. The maximum Gasteiger partial charge on any atom is 0.204 e. The summed E-state index contributed by atoms with van der Waals surface area (Å²) in [5.41, 5.74) is 12.3. The minimum absolute atomic E-state index is 0.0217. The Bertz CT molecular complexity index is 1110. The number of aromatic nitrogens is 2. The van der Waals surface area contributed by atoms with E-state index in [0.29, 0.717) is 11.3 Å². The predicted molar refractivity (Wildman–Crippen MR) is 121 cm³/mol. The van der Waals surface area contributed by atoms with Gasteiger partial charge in [-0.05, 0) is 13.0 Å². The fraction of sp³-hybridized carbons (Fsp3) is 0.227. The van der Waals surface area contributed by atoms with Gasteiger partial charge >= 0.3 is 0 Å². The van der Waals surface area contributed by atoms with Crippen LogP contribution in [0.15, 0.2) is 36.4 Å². The van der Waals surface area contributed by atoms with Crippen LogP contribution in [0.4, 0.5) is 26.1 Å². The van der Waals surface area contributed by atoms with Gasteiger partial charge in [0.25, 0.3) is 0 Å². The summed E-state index contributed by atoms with van der Waals surface area (Å²) in [4.78, 5) is 8.14. The number of halogens is 2. The summed E-state index contributed by atoms with van der Waals surface area (Å²) in [6.45, 7) is 1.55. The summed E-state index contributed by atoms with van der Waals surface area (Å²) in [6, 6.07) is 8.92. The molecule has 0 aliphatic heterocycles. The second-order valence-electron chi connectivity index (χ2n) is 6.79. The van der Waals surface area contributed by atoms with Crippen LogP contribution in [0.3, 0.4) is 0 Å². The first-order valence-corrected chi connectivity index (χ1v) is 10.0. The van der Waals surface area contributed by atoms with Gasteiger partial charge in [-0.1, -0.05) is 18.2 Å². The number of nitrogens with zero attached hydrogens (tertiary/aromatic N) is 2. The van der Waals surface area contributed by atoms with Crippen molar-refractivity contribution in [1.82, 2.24) is 9.97 Å². The van der Waals surface area contributed by atoms with Crippen molar-refractivity contribution < 1.29 is 23.4 Å². The third-order valence-corrected chi connectivity index (χ3v) is 4.56. The third kappa shape index (κ3) is 5.44. The molecule has 0 atom stereocenters. The van der Waals surface area contributed by atoms with Crippen LogP contribution in [0, 0.1) is 17.0 Å².